The second kappa shape index (κ2) is 11.6. The number of halogens is 3. The number of ether oxygens (including phenoxy) is 1. The minimum Gasteiger partial charge on any atom is -0.475 e. The van der Waals surface area contributed by atoms with Crippen molar-refractivity contribution in [3.8, 4) is 0 Å². The number of thioether (sulfide) groups is 1. The summed E-state index contributed by atoms with van der Waals surface area (Å²) in [5, 5.41) is 21.9. The predicted molar refractivity (Wildman–Crippen MR) is 132 cm³/mol. The van der Waals surface area contributed by atoms with E-state index in [0.29, 0.717) is 16.5 Å². The highest BCUT2D eigenvalue weighted by Gasteiger charge is 2.53. The second-order valence-electron chi connectivity index (χ2n) is 7.54. The van der Waals surface area contributed by atoms with Gasteiger partial charge in [-0.05, 0) is 25.1 Å². The number of β-lactam (4-membered cyclic amide) rings is 1. The summed E-state index contributed by atoms with van der Waals surface area (Å²) in [4.78, 5) is 50.4. The van der Waals surface area contributed by atoms with Crippen molar-refractivity contribution < 1.29 is 47.3 Å². The number of carboxylic acid groups (broad SMARTS) is 2. The Bertz CT molecular complexity index is 1330. The van der Waals surface area contributed by atoms with Gasteiger partial charge in [0.1, 0.15) is 11.4 Å². The number of nitrogens with two attached hydrogens (primary N) is 1. The van der Waals surface area contributed by atoms with E-state index in [-0.39, 0.29) is 18.3 Å². The number of fused-ring (bicyclic) bond motifs is 2. The fraction of sp³-hybridized carbons (Fsp3) is 0.286. The predicted octanol–water partition coefficient (Wildman–Crippen LogP) is 2.81. The number of carbonyl (C=O) groups excluding carboxylic acids is 2. The normalized spacial score (nSPS) is 18.8. The summed E-state index contributed by atoms with van der Waals surface area (Å²) in [6.45, 7) is 1.76. The number of amides is 2. The van der Waals surface area contributed by atoms with Gasteiger partial charge in [-0.3, -0.25) is 14.5 Å². The van der Waals surface area contributed by atoms with Crippen molar-refractivity contribution in [2.45, 2.75) is 24.5 Å². The van der Waals surface area contributed by atoms with Gasteiger partial charge < -0.3 is 31.3 Å². The van der Waals surface area contributed by atoms with Crippen LogP contribution >= 0.6 is 23.1 Å². The van der Waals surface area contributed by atoms with Gasteiger partial charge in [0.15, 0.2) is 5.13 Å². The minimum atomic E-state index is -5.08. The molecule has 1 aromatic carbocycles. The zero-order valence-electron chi connectivity index (χ0n) is 19.3. The molecule has 2 aliphatic heterocycles. The lowest BCUT2D eigenvalue weighted by molar-refractivity contribution is -0.192. The monoisotopic (exact) mass is 575 g/mol. The van der Waals surface area contributed by atoms with E-state index in [9.17, 15) is 27.6 Å². The lowest BCUT2D eigenvalue weighted by atomic mass is 10.1. The van der Waals surface area contributed by atoms with Gasteiger partial charge in [0.25, 0.3) is 5.91 Å². The van der Waals surface area contributed by atoms with Gasteiger partial charge in [0.2, 0.25) is 11.8 Å². The zero-order chi connectivity index (χ0) is 28.2. The molecule has 2 aliphatic rings. The van der Waals surface area contributed by atoms with Crippen molar-refractivity contribution >= 4 is 68.1 Å². The molecular weight excluding hydrogens is 555 g/mol. The first-order valence-electron chi connectivity index (χ1n) is 10.5. The molecule has 1 saturated heterocycles. The van der Waals surface area contributed by atoms with Gasteiger partial charge in [0.05, 0.1) is 16.8 Å². The summed E-state index contributed by atoms with van der Waals surface area (Å²) in [6.07, 6.45) is -3.13. The highest BCUT2D eigenvalue weighted by atomic mass is 32.2. The number of aliphatic carboxylic acids is 1. The standard InChI is InChI=1S/C19H19N5O5S2.C2HF3O2/c1-2-3-9-8-30-17-14(15(26)24(17)16(9)29-19(27)28)23-13(25)7-21-10-4-5-11-12(6-10)31-18(20)22-11;3-2(4,5)1(6)7/h2-6,14,17,21H,7-8H2,1H3,(H2,20,22)(H,23,25)(H,27,28);(H,6,7)/b3-2-;/t14?,17-;/m0./s1. The average Bonchev–Trinajstić information content (AvgIpc) is 3.20. The molecule has 4 rings (SSSR count). The fourth-order valence-corrected chi connectivity index (χ4v) is 5.42. The van der Waals surface area contributed by atoms with Gasteiger partial charge in [-0.1, -0.05) is 23.5 Å². The number of benzene rings is 1. The molecule has 2 atom stereocenters. The molecule has 0 radical (unpaired) electrons. The van der Waals surface area contributed by atoms with Crippen LogP contribution in [0, 0.1) is 0 Å². The van der Waals surface area contributed by atoms with Crippen LogP contribution in [0.3, 0.4) is 0 Å². The highest BCUT2D eigenvalue weighted by molar-refractivity contribution is 8.00. The van der Waals surface area contributed by atoms with Crippen LogP contribution in [0.2, 0.25) is 0 Å². The number of allylic oxidation sites excluding steroid dienone is 2. The number of aromatic nitrogens is 1. The molecule has 2 amide bonds. The van der Waals surface area contributed by atoms with Crippen molar-refractivity contribution in [2.24, 2.45) is 0 Å². The number of carbonyl (C=O) groups is 4. The van der Waals surface area contributed by atoms with Crippen LogP contribution in [0.25, 0.3) is 10.2 Å². The van der Waals surface area contributed by atoms with Crippen LogP contribution < -0.4 is 16.4 Å². The molecule has 0 spiro atoms. The van der Waals surface area contributed by atoms with Crippen molar-refractivity contribution in [1.82, 2.24) is 15.2 Å². The van der Waals surface area contributed by atoms with Crippen LogP contribution in [0.15, 0.2) is 41.8 Å². The number of nitrogen functional groups attached to an aromatic ring is 1. The third kappa shape index (κ3) is 6.65. The Morgan fingerprint density at radius 1 is 1.32 bits per heavy atom. The molecule has 0 bridgehead atoms. The van der Waals surface area contributed by atoms with Gasteiger partial charge in [-0.25, -0.2) is 14.6 Å². The summed E-state index contributed by atoms with van der Waals surface area (Å²) in [5.74, 6) is -3.06. The fourth-order valence-electron chi connectivity index (χ4n) is 3.35. The van der Waals surface area contributed by atoms with Crippen molar-refractivity contribution in [1.29, 1.82) is 0 Å². The number of rotatable bonds is 6. The summed E-state index contributed by atoms with van der Waals surface area (Å²) >= 11 is 2.79. The molecule has 0 saturated carbocycles. The average molecular weight is 576 g/mol. The van der Waals surface area contributed by atoms with Crippen LogP contribution in [-0.2, 0) is 19.1 Å². The van der Waals surface area contributed by atoms with Crippen molar-refractivity contribution in [2.75, 3.05) is 23.3 Å². The minimum absolute atomic E-state index is 0.0000990. The molecule has 0 aliphatic carbocycles. The number of anilines is 2. The quantitative estimate of drug-likeness (QED) is 0.252. The van der Waals surface area contributed by atoms with Crippen LogP contribution in [0.5, 0.6) is 0 Å². The van der Waals surface area contributed by atoms with Gasteiger partial charge >= 0.3 is 18.3 Å². The van der Waals surface area contributed by atoms with Crippen molar-refractivity contribution in [3.63, 3.8) is 0 Å². The molecule has 38 heavy (non-hydrogen) atoms. The summed E-state index contributed by atoms with van der Waals surface area (Å²) in [5.41, 5.74) is 7.83. The first kappa shape index (κ1) is 28.6. The van der Waals surface area contributed by atoms with E-state index < -0.39 is 35.6 Å². The Kier molecular flexibility index (Phi) is 8.72. The van der Waals surface area contributed by atoms with E-state index >= 15 is 0 Å². The number of alkyl halides is 3. The number of thiazole rings is 1. The Morgan fingerprint density at radius 3 is 2.61 bits per heavy atom. The molecule has 2 aromatic rings. The largest absolute Gasteiger partial charge is 0.512 e. The molecule has 3 heterocycles. The lowest BCUT2D eigenvalue weighted by Gasteiger charge is -2.48. The van der Waals surface area contributed by atoms with Gasteiger partial charge in [-0.15, -0.1) is 11.8 Å². The summed E-state index contributed by atoms with van der Waals surface area (Å²) in [7, 11) is 0. The van der Waals surface area contributed by atoms with E-state index in [1.54, 1.807) is 25.1 Å². The third-order valence-electron chi connectivity index (χ3n) is 4.92. The van der Waals surface area contributed by atoms with Gasteiger partial charge in [0, 0.05) is 17.0 Å². The van der Waals surface area contributed by atoms with E-state index in [4.69, 9.17) is 25.5 Å². The van der Waals surface area contributed by atoms with Crippen LogP contribution in [0.4, 0.5) is 28.8 Å². The molecule has 17 heteroatoms. The lowest BCUT2D eigenvalue weighted by Crippen LogP contribution is -2.70. The van der Waals surface area contributed by atoms with E-state index in [1.165, 1.54) is 28.0 Å². The van der Waals surface area contributed by atoms with Gasteiger partial charge in [-0.2, -0.15) is 13.2 Å². The molecular formula is C21H20F3N5O7S2. The first-order chi connectivity index (χ1) is 17.8. The SMILES string of the molecule is C/C=C\C1=C(OC(=O)O)N2C(=O)C(NC(=O)CNc3ccc4nc(N)sc4c3)[C@@H]2SC1.O=C(O)C(F)(F)F. The number of nitrogens with zero attached hydrogens (tertiary/aromatic N) is 2. The van der Waals surface area contributed by atoms with E-state index in [0.717, 1.165) is 15.9 Å². The van der Waals surface area contributed by atoms with Crippen molar-refractivity contribution in [3.05, 3.63) is 41.8 Å². The molecule has 6 N–H and O–H groups in total. The number of hydrogen-bond donors (Lipinski definition) is 5. The molecule has 1 fully saturated rings. The molecule has 1 aromatic heterocycles. The zero-order valence-corrected chi connectivity index (χ0v) is 20.9. The maximum absolute atomic E-state index is 12.6. The maximum Gasteiger partial charge on any atom is 0.512 e. The summed E-state index contributed by atoms with van der Waals surface area (Å²) in [6, 6.07) is 4.72. The number of hydrogen-bond acceptors (Lipinski definition) is 10. The van der Waals surface area contributed by atoms with E-state index in [2.05, 4.69) is 15.6 Å². The van der Waals surface area contributed by atoms with E-state index in [1.807, 2.05) is 12.1 Å². The van der Waals surface area contributed by atoms with Crippen LogP contribution in [0.1, 0.15) is 6.92 Å². The third-order valence-corrected chi connectivity index (χ3v) is 7.06. The Labute approximate surface area is 220 Å². The number of nitrogens with one attached hydrogen (secondary N) is 2. The molecule has 204 valence electrons. The Morgan fingerprint density at radius 2 is 2.00 bits per heavy atom. The highest BCUT2D eigenvalue weighted by Crippen LogP contribution is 2.41. The van der Waals surface area contributed by atoms with Crippen LogP contribution in [-0.4, -0.2) is 73.9 Å². The topological polar surface area (TPSA) is 184 Å². The maximum atomic E-state index is 12.6. The Balaban J connectivity index is 0.000000505. The molecule has 12 nitrogen and oxygen atoms in total. The second-order valence-corrected chi connectivity index (χ2v) is 9.71. The number of carboxylic acids is 1. The smallest absolute Gasteiger partial charge is 0.475 e. The summed E-state index contributed by atoms with van der Waals surface area (Å²) < 4.78 is 37.5. The first-order valence-corrected chi connectivity index (χ1v) is 12.4. The molecule has 1 unspecified atom stereocenters. The Hall–Kier alpha value is -3.99.